The summed E-state index contributed by atoms with van der Waals surface area (Å²) < 4.78 is 5.67. The van der Waals surface area contributed by atoms with Gasteiger partial charge in [-0.25, -0.2) is 0 Å². The molecule has 0 bridgehead atoms. The summed E-state index contributed by atoms with van der Waals surface area (Å²) in [4.78, 5) is 13.9. The molecule has 0 aliphatic carbocycles. The minimum atomic E-state index is -0.0971. The van der Waals surface area contributed by atoms with Crippen LogP contribution in [0.25, 0.3) is 10.9 Å². The van der Waals surface area contributed by atoms with Gasteiger partial charge in [0.25, 0.3) is 0 Å². The van der Waals surface area contributed by atoms with E-state index in [0.29, 0.717) is 6.61 Å². The van der Waals surface area contributed by atoms with Crippen LogP contribution in [-0.2, 0) is 0 Å². The van der Waals surface area contributed by atoms with Crippen LogP contribution in [0.3, 0.4) is 0 Å². The van der Waals surface area contributed by atoms with Crippen molar-refractivity contribution in [2.24, 2.45) is 0 Å². The zero-order chi connectivity index (χ0) is 14.2. The number of rotatable bonds is 8. The Bertz CT molecular complexity index is 595. The van der Waals surface area contributed by atoms with Gasteiger partial charge in [-0.05, 0) is 50.2 Å². The second-order valence-corrected chi connectivity index (χ2v) is 4.60. The normalized spacial score (nSPS) is 10.8. The number of aliphatic hydroxyl groups is 1. The first-order chi connectivity index (χ1) is 9.79. The van der Waals surface area contributed by atoms with Crippen molar-refractivity contribution in [1.82, 2.24) is 10.3 Å². The summed E-state index contributed by atoms with van der Waals surface area (Å²) in [6, 6.07) is 8.93. The molecule has 0 radical (unpaired) electrons. The first-order valence-electron chi connectivity index (χ1n) is 6.87. The van der Waals surface area contributed by atoms with Gasteiger partial charge < -0.3 is 20.1 Å². The first kappa shape index (κ1) is 14.6. The van der Waals surface area contributed by atoms with Gasteiger partial charge in [0, 0.05) is 23.6 Å². The maximum atomic E-state index is 11.2. The highest BCUT2D eigenvalue weighted by Crippen LogP contribution is 2.18. The highest BCUT2D eigenvalue weighted by atomic mass is 16.5. The number of aliphatic hydroxyl groups excluding tert-OH is 1. The summed E-state index contributed by atoms with van der Waals surface area (Å²) in [7, 11) is 0. The molecule has 2 rings (SSSR count). The zero-order valence-corrected chi connectivity index (χ0v) is 11.4. The van der Waals surface area contributed by atoms with Gasteiger partial charge in [0.05, 0.1) is 6.61 Å². The molecule has 0 unspecified atom stereocenters. The fourth-order valence-electron chi connectivity index (χ4n) is 1.94. The molecule has 0 spiro atoms. The van der Waals surface area contributed by atoms with Crippen molar-refractivity contribution in [3.8, 4) is 5.75 Å². The van der Waals surface area contributed by atoms with Crippen LogP contribution in [0.2, 0.25) is 0 Å². The molecular formula is C15H20N2O3. The van der Waals surface area contributed by atoms with E-state index in [1.165, 1.54) is 6.07 Å². The molecule has 108 valence electrons. The number of benzene rings is 1. The van der Waals surface area contributed by atoms with Crippen LogP contribution in [0.1, 0.15) is 12.8 Å². The van der Waals surface area contributed by atoms with Crippen LogP contribution in [0.4, 0.5) is 0 Å². The second kappa shape index (κ2) is 7.67. The maximum Gasteiger partial charge on any atom is 0.248 e. The number of aromatic nitrogens is 1. The summed E-state index contributed by atoms with van der Waals surface area (Å²) in [6.45, 7) is 2.57. The van der Waals surface area contributed by atoms with Crippen LogP contribution < -0.4 is 15.6 Å². The Kier molecular flexibility index (Phi) is 5.58. The Hall–Kier alpha value is -1.85. The van der Waals surface area contributed by atoms with E-state index in [1.807, 2.05) is 18.2 Å². The smallest absolute Gasteiger partial charge is 0.248 e. The van der Waals surface area contributed by atoms with Crippen LogP contribution in [0.15, 0.2) is 35.1 Å². The predicted molar refractivity (Wildman–Crippen MR) is 79.3 cm³/mol. The molecule has 0 atom stereocenters. The number of H-pyrrole nitrogens is 1. The topological polar surface area (TPSA) is 74.3 Å². The van der Waals surface area contributed by atoms with Gasteiger partial charge >= 0.3 is 0 Å². The van der Waals surface area contributed by atoms with Gasteiger partial charge in [0.1, 0.15) is 5.75 Å². The minimum absolute atomic E-state index is 0.0971. The van der Waals surface area contributed by atoms with Crippen molar-refractivity contribution in [1.29, 1.82) is 0 Å². The molecule has 5 nitrogen and oxygen atoms in total. The van der Waals surface area contributed by atoms with E-state index in [2.05, 4.69) is 10.3 Å². The lowest BCUT2D eigenvalue weighted by Gasteiger charge is -2.08. The molecule has 0 amide bonds. The van der Waals surface area contributed by atoms with E-state index in [0.717, 1.165) is 42.6 Å². The van der Waals surface area contributed by atoms with E-state index in [-0.39, 0.29) is 12.2 Å². The Balaban J connectivity index is 1.79. The van der Waals surface area contributed by atoms with E-state index in [4.69, 9.17) is 9.84 Å². The average Bonchev–Trinajstić information content (AvgIpc) is 2.46. The third-order valence-electron chi connectivity index (χ3n) is 2.97. The van der Waals surface area contributed by atoms with Crippen molar-refractivity contribution in [2.45, 2.75) is 12.8 Å². The Morgan fingerprint density at radius 1 is 1.15 bits per heavy atom. The fourth-order valence-corrected chi connectivity index (χ4v) is 1.94. The average molecular weight is 276 g/mol. The highest BCUT2D eigenvalue weighted by Gasteiger charge is 1.98. The Labute approximate surface area is 117 Å². The number of hydrogen-bond acceptors (Lipinski definition) is 4. The Morgan fingerprint density at radius 3 is 2.85 bits per heavy atom. The highest BCUT2D eigenvalue weighted by molar-refractivity contribution is 5.79. The number of nitrogens with one attached hydrogen (secondary N) is 2. The summed E-state index contributed by atoms with van der Waals surface area (Å²) >= 11 is 0. The van der Waals surface area contributed by atoms with Crippen molar-refractivity contribution < 1.29 is 9.84 Å². The van der Waals surface area contributed by atoms with Crippen LogP contribution in [0, 0.1) is 0 Å². The van der Waals surface area contributed by atoms with Crippen molar-refractivity contribution in [2.75, 3.05) is 26.3 Å². The molecule has 1 aromatic heterocycles. The van der Waals surface area contributed by atoms with Crippen LogP contribution in [0.5, 0.6) is 5.75 Å². The van der Waals surface area contributed by atoms with Gasteiger partial charge in [-0.15, -0.1) is 0 Å². The molecule has 0 fully saturated rings. The quantitative estimate of drug-likeness (QED) is 0.635. The maximum absolute atomic E-state index is 11.2. The van der Waals surface area contributed by atoms with E-state index in [1.54, 1.807) is 6.07 Å². The van der Waals surface area contributed by atoms with E-state index >= 15 is 0 Å². The van der Waals surface area contributed by atoms with Gasteiger partial charge in [0.15, 0.2) is 0 Å². The first-order valence-corrected chi connectivity index (χ1v) is 6.87. The number of hydrogen-bond donors (Lipinski definition) is 3. The SMILES string of the molecule is O=c1ccc2cc(OCCCNCCCO)ccc2[nH]1. The fraction of sp³-hybridized carbons (Fsp3) is 0.400. The molecule has 3 N–H and O–H groups in total. The zero-order valence-electron chi connectivity index (χ0n) is 11.4. The summed E-state index contributed by atoms with van der Waals surface area (Å²) in [5, 5.41) is 12.8. The number of pyridine rings is 1. The predicted octanol–water partition coefficient (Wildman–Crippen LogP) is 1.27. The van der Waals surface area contributed by atoms with Gasteiger partial charge in [-0.2, -0.15) is 0 Å². The van der Waals surface area contributed by atoms with E-state index in [9.17, 15) is 4.79 Å². The van der Waals surface area contributed by atoms with Gasteiger partial charge in [-0.3, -0.25) is 4.79 Å². The van der Waals surface area contributed by atoms with Crippen molar-refractivity contribution in [3.63, 3.8) is 0 Å². The molecule has 20 heavy (non-hydrogen) atoms. The van der Waals surface area contributed by atoms with Gasteiger partial charge in [0.2, 0.25) is 5.56 Å². The van der Waals surface area contributed by atoms with Crippen molar-refractivity contribution in [3.05, 3.63) is 40.7 Å². The third-order valence-corrected chi connectivity index (χ3v) is 2.97. The molecule has 1 heterocycles. The van der Waals surface area contributed by atoms with Crippen LogP contribution in [-0.4, -0.2) is 36.4 Å². The molecule has 0 saturated heterocycles. The molecule has 0 aliphatic rings. The summed E-state index contributed by atoms with van der Waals surface area (Å²) in [6.07, 6.45) is 1.69. The van der Waals surface area contributed by atoms with Crippen LogP contribution >= 0.6 is 0 Å². The number of fused-ring (bicyclic) bond motifs is 1. The number of aromatic amines is 1. The lowest BCUT2D eigenvalue weighted by Crippen LogP contribution is -2.19. The summed E-state index contributed by atoms with van der Waals surface area (Å²) in [5.74, 6) is 0.805. The second-order valence-electron chi connectivity index (χ2n) is 4.60. The summed E-state index contributed by atoms with van der Waals surface area (Å²) in [5.41, 5.74) is 0.718. The Morgan fingerprint density at radius 2 is 2.00 bits per heavy atom. The largest absolute Gasteiger partial charge is 0.494 e. The number of ether oxygens (including phenoxy) is 1. The van der Waals surface area contributed by atoms with Crippen molar-refractivity contribution >= 4 is 10.9 Å². The standard InChI is InChI=1S/C15H20N2O3/c18-9-1-7-16-8-2-10-20-13-4-5-14-12(11-13)3-6-15(19)17-14/h3-6,11,16,18H,1-2,7-10H2,(H,17,19). The molecule has 0 aliphatic heterocycles. The molecule has 5 heteroatoms. The van der Waals surface area contributed by atoms with E-state index < -0.39 is 0 Å². The molecule has 0 saturated carbocycles. The minimum Gasteiger partial charge on any atom is -0.494 e. The molecular weight excluding hydrogens is 256 g/mol. The monoisotopic (exact) mass is 276 g/mol. The molecule has 1 aromatic carbocycles. The molecule has 2 aromatic rings. The van der Waals surface area contributed by atoms with Gasteiger partial charge in [-0.1, -0.05) is 0 Å². The lowest BCUT2D eigenvalue weighted by atomic mass is 10.2. The lowest BCUT2D eigenvalue weighted by molar-refractivity contribution is 0.282. The third kappa shape index (κ3) is 4.36.